The average molecular weight is 467 g/mol. The Morgan fingerprint density at radius 3 is 2.42 bits per heavy atom. The first kappa shape index (κ1) is 21.8. The molecule has 0 atom stereocenters. The van der Waals surface area contributed by atoms with E-state index in [4.69, 9.17) is 4.52 Å². The molecule has 0 saturated carbocycles. The maximum absolute atomic E-state index is 12.9. The third-order valence-electron chi connectivity index (χ3n) is 6.52. The molecule has 2 aliphatic rings. The molecule has 0 unspecified atom stereocenters. The van der Waals surface area contributed by atoms with E-state index in [0.717, 1.165) is 24.8 Å². The highest BCUT2D eigenvalue weighted by Gasteiger charge is 2.29. The van der Waals surface area contributed by atoms with Crippen LogP contribution in [-0.2, 0) is 23.0 Å². The van der Waals surface area contributed by atoms with Gasteiger partial charge < -0.3 is 9.42 Å². The van der Waals surface area contributed by atoms with E-state index in [-0.39, 0.29) is 22.5 Å². The number of nitrogens with zero attached hydrogens (tertiary/aromatic N) is 4. The highest BCUT2D eigenvalue weighted by molar-refractivity contribution is 7.89. The summed E-state index contributed by atoms with van der Waals surface area (Å²) in [6.07, 6.45) is 2.54. The molecule has 1 saturated heterocycles. The summed E-state index contributed by atoms with van der Waals surface area (Å²) in [6.45, 7) is 4.34. The minimum absolute atomic E-state index is 0.0662. The summed E-state index contributed by atoms with van der Waals surface area (Å²) in [7, 11) is -3.52. The Kier molecular flexibility index (Phi) is 5.76. The van der Waals surface area contributed by atoms with Gasteiger partial charge in [-0.25, -0.2) is 8.42 Å². The van der Waals surface area contributed by atoms with E-state index in [0.29, 0.717) is 37.7 Å². The number of hydrogen-bond donors (Lipinski definition) is 0. The Bertz CT molecular complexity index is 1260. The fraction of sp³-hybridized carbons (Fsp3) is 0.375. The number of carbonyl (C=O) groups is 1. The lowest BCUT2D eigenvalue weighted by Gasteiger charge is -2.29. The van der Waals surface area contributed by atoms with Crippen LogP contribution >= 0.6 is 0 Å². The van der Waals surface area contributed by atoms with Gasteiger partial charge in [0.15, 0.2) is 0 Å². The minimum atomic E-state index is -3.52. The molecule has 33 heavy (non-hydrogen) atoms. The van der Waals surface area contributed by atoms with Crippen LogP contribution in [0.25, 0.3) is 11.4 Å². The molecule has 1 fully saturated rings. The molecular weight excluding hydrogens is 440 g/mol. The second-order valence-electron chi connectivity index (χ2n) is 8.78. The van der Waals surface area contributed by atoms with Crippen LogP contribution in [0.4, 0.5) is 0 Å². The van der Waals surface area contributed by atoms with Crippen molar-refractivity contribution in [2.75, 3.05) is 19.6 Å². The maximum Gasteiger partial charge on any atom is 0.316 e. The van der Waals surface area contributed by atoms with Crippen LogP contribution in [0.1, 0.15) is 41.6 Å². The van der Waals surface area contributed by atoms with Crippen LogP contribution in [-0.4, -0.2) is 53.3 Å². The van der Waals surface area contributed by atoms with Crippen LogP contribution in [0.15, 0.2) is 57.9 Å². The second kappa shape index (κ2) is 8.72. The first-order valence-electron chi connectivity index (χ1n) is 11.2. The standard InChI is InChI=1S/C24H26N4O4S/c1-17-10-14-28(15-11-17)33(30,31)21-8-6-19(7-9-21)22-25-23(32-26-22)24(29)27-13-12-18-4-2-3-5-20(18)16-27/h2-9,17H,10-16H2,1H3. The van der Waals surface area contributed by atoms with E-state index >= 15 is 0 Å². The number of piperidine rings is 1. The van der Waals surface area contributed by atoms with Crippen LogP contribution < -0.4 is 0 Å². The molecule has 8 nitrogen and oxygen atoms in total. The van der Waals surface area contributed by atoms with Gasteiger partial charge in [-0.1, -0.05) is 36.3 Å². The van der Waals surface area contributed by atoms with E-state index in [1.165, 1.54) is 5.56 Å². The molecule has 172 valence electrons. The lowest BCUT2D eigenvalue weighted by atomic mass is 10.00. The number of hydrogen-bond acceptors (Lipinski definition) is 6. The summed E-state index contributed by atoms with van der Waals surface area (Å²) in [6, 6.07) is 14.5. The normalized spacial score (nSPS) is 17.7. The first-order chi connectivity index (χ1) is 15.9. The van der Waals surface area contributed by atoms with Crippen LogP contribution in [0.3, 0.4) is 0 Å². The molecule has 0 bridgehead atoms. The Hall–Kier alpha value is -3.04. The van der Waals surface area contributed by atoms with Crippen molar-refractivity contribution in [2.24, 2.45) is 5.92 Å². The van der Waals surface area contributed by atoms with Crippen LogP contribution in [0, 0.1) is 5.92 Å². The minimum Gasteiger partial charge on any atom is -0.330 e. The van der Waals surface area contributed by atoms with Crippen molar-refractivity contribution >= 4 is 15.9 Å². The van der Waals surface area contributed by atoms with Crippen LogP contribution in [0.2, 0.25) is 0 Å². The van der Waals surface area contributed by atoms with E-state index < -0.39 is 10.0 Å². The molecular formula is C24H26N4O4S. The van der Waals surface area contributed by atoms with E-state index in [1.54, 1.807) is 33.5 Å². The highest BCUT2D eigenvalue weighted by Crippen LogP contribution is 2.26. The Labute approximate surface area is 193 Å². The largest absolute Gasteiger partial charge is 0.330 e. The van der Waals surface area contributed by atoms with E-state index in [2.05, 4.69) is 23.1 Å². The van der Waals surface area contributed by atoms with Crippen molar-refractivity contribution in [3.8, 4) is 11.4 Å². The van der Waals surface area contributed by atoms with Gasteiger partial charge in [-0.2, -0.15) is 9.29 Å². The van der Waals surface area contributed by atoms with Gasteiger partial charge in [0.2, 0.25) is 15.8 Å². The number of carbonyl (C=O) groups excluding carboxylic acids is 1. The summed E-state index contributed by atoms with van der Waals surface area (Å²) in [4.78, 5) is 19.1. The zero-order chi connectivity index (χ0) is 23.0. The van der Waals surface area contributed by atoms with Gasteiger partial charge >= 0.3 is 11.8 Å². The highest BCUT2D eigenvalue weighted by atomic mass is 32.2. The zero-order valence-corrected chi connectivity index (χ0v) is 19.3. The van der Waals surface area contributed by atoms with Gasteiger partial charge in [0, 0.05) is 31.7 Å². The molecule has 1 aromatic heterocycles. The number of rotatable bonds is 4. The monoisotopic (exact) mass is 466 g/mol. The van der Waals surface area contributed by atoms with Gasteiger partial charge in [0.25, 0.3) is 0 Å². The molecule has 9 heteroatoms. The number of fused-ring (bicyclic) bond motifs is 1. The average Bonchev–Trinajstić information content (AvgIpc) is 3.34. The molecule has 0 N–H and O–H groups in total. The van der Waals surface area contributed by atoms with E-state index in [1.807, 2.05) is 18.2 Å². The summed E-state index contributed by atoms with van der Waals surface area (Å²) in [5.41, 5.74) is 2.96. The predicted molar refractivity (Wildman–Crippen MR) is 122 cm³/mol. The quantitative estimate of drug-likeness (QED) is 0.585. The number of amides is 1. The summed E-state index contributed by atoms with van der Waals surface area (Å²) < 4.78 is 32.6. The maximum atomic E-state index is 12.9. The van der Waals surface area contributed by atoms with Crippen molar-refractivity contribution < 1.29 is 17.7 Å². The molecule has 0 radical (unpaired) electrons. The third-order valence-corrected chi connectivity index (χ3v) is 8.43. The predicted octanol–water partition coefficient (Wildman–Crippen LogP) is 3.36. The zero-order valence-electron chi connectivity index (χ0n) is 18.5. The summed E-state index contributed by atoms with van der Waals surface area (Å²) in [5, 5.41) is 3.94. The van der Waals surface area contributed by atoms with Gasteiger partial charge in [0.1, 0.15) is 0 Å². The molecule has 2 aliphatic heterocycles. The van der Waals surface area contributed by atoms with Crippen LogP contribution in [0.5, 0.6) is 0 Å². The Morgan fingerprint density at radius 1 is 1.00 bits per heavy atom. The summed E-state index contributed by atoms with van der Waals surface area (Å²) in [5.74, 6) is 0.436. The molecule has 5 rings (SSSR count). The number of sulfonamides is 1. The fourth-order valence-corrected chi connectivity index (χ4v) is 5.85. The topological polar surface area (TPSA) is 96.6 Å². The van der Waals surface area contributed by atoms with E-state index in [9.17, 15) is 13.2 Å². The van der Waals surface area contributed by atoms with Gasteiger partial charge in [-0.05, 0) is 60.6 Å². The molecule has 1 amide bonds. The molecule has 0 aliphatic carbocycles. The molecule has 3 heterocycles. The van der Waals surface area contributed by atoms with Gasteiger partial charge in [-0.3, -0.25) is 4.79 Å². The molecule has 0 spiro atoms. The number of benzene rings is 2. The third kappa shape index (κ3) is 4.30. The Balaban J connectivity index is 1.30. The van der Waals surface area contributed by atoms with Crippen molar-refractivity contribution in [1.82, 2.24) is 19.3 Å². The van der Waals surface area contributed by atoms with Gasteiger partial charge in [0.05, 0.1) is 4.90 Å². The van der Waals surface area contributed by atoms with Crippen molar-refractivity contribution in [3.05, 3.63) is 65.5 Å². The SMILES string of the molecule is CC1CCN(S(=O)(=O)c2ccc(-c3noc(C(=O)N4CCc5ccccc5C4)n3)cc2)CC1. The van der Waals surface area contributed by atoms with Gasteiger partial charge in [-0.15, -0.1) is 0 Å². The van der Waals surface area contributed by atoms with Crippen molar-refractivity contribution in [1.29, 1.82) is 0 Å². The smallest absolute Gasteiger partial charge is 0.316 e. The van der Waals surface area contributed by atoms with Crippen molar-refractivity contribution in [3.63, 3.8) is 0 Å². The summed E-state index contributed by atoms with van der Waals surface area (Å²) >= 11 is 0. The first-order valence-corrected chi connectivity index (χ1v) is 12.7. The number of aromatic nitrogens is 2. The fourth-order valence-electron chi connectivity index (χ4n) is 4.38. The molecule has 2 aromatic carbocycles. The lowest BCUT2D eigenvalue weighted by Crippen LogP contribution is -2.37. The Morgan fingerprint density at radius 2 is 1.70 bits per heavy atom. The second-order valence-corrected chi connectivity index (χ2v) is 10.7. The molecule has 3 aromatic rings. The lowest BCUT2D eigenvalue weighted by molar-refractivity contribution is 0.0684. The van der Waals surface area contributed by atoms with Crippen molar-refractivity contribution in [2.45, 2.75) is 37.6 Å².